The van der Waals surface area contributed by atoms with Crippen molar-refractivity contribution in [1.82, 2.24) is 4.98 Å². The van der Waals surface area contributed by atoms with Gasteiger partial charge < -0.3 is 20.5 Å². The molecule has 1 aromatic heterocycles. The first-order chi connectivity index (χ1) is 15.2. The Labute approximate surface area is 189 Å². The number of aromatic nitrogens is 1. The van der Waals surface area contributed by atoms with E-state index < -0.39 is 23.6 Å². The van der Waals surface area contributed by atoms with E-state index in [-0.39, 0.29) is 22.4 Å². The number of carbonyl (C=O) groups is 1. The fourth-order valence-electron chi connectivity index (χ4n) is 3.63. The number of hydrogen-bond donors (Lipinski definition) is 2. The fourth-order valence-corrected chi connectivity index (χ4v) is 4.75. The van der Waals surface area contributed by atoms with Gasteiger partial charge in [-0.2, -0.15) is 0 Å². The van der Waals surface area contributed by atoms with Crippen LogP contribution in [0.1, 0.15) is 34.9 Å². The van der Waals surface area contributed by atoms with E-state index in [0.717, 1.165) is 0 Å². The summed E-state index contributed by atoms with van der Waals surface area (Å²) >= 11 is 7.26. The van der Waals surface area contributed by atoms with E-state index in [9.17, 15) is 18.0 Å². The van der Waals surface area contributed by atoms with Crippen molar-refractivity contribution in [1.29, 1.82) is 0 Å². The molecule has 1 atom stereocenters. The van der Waals surface area contributed by atoms with Gasteiger partial charge in [0, 0.05) is 16.1 Å². The van der Waals surface area contributed by atoms with Gasteiger partial charge in [-0.25, -0.2) is 9.37 Å². The van der Waals surface area contributed by atoms with Gasteiger partial charge in [0.05, 0.1) is 11.5 Å². The van der Waals surface area contributed by atoms with Gasteiger partial charge in [0.25, 0.3) is 0 Å². The van der Waals surface area contributed by atoms with E-state index in [0.29, 0.717) is 34.0 Å². The van der Waals surface area contributed by atoms with E-state index in [1.165, 1.54) is 47.9 Å². The summed E-state index contributed by atoms with van der Waals surface area (Å²) in [7, 11) is 0. The van der Waals surface area contributed by atoms with Gasteiger partial charge >= 0.3 is 6.29 Å². The summed E-state index contributed by atoms with van der Waals surface area (Å²) in [5.41, 5.74) is 6.47. The van der Waals surface area contributed by atoms with E-state index >= 15 is 0 Å². The number of halogens is 4. The van der Waals surface area contributed by atoms with Crippen LogP contribution in [0.5, 0.6) is 11.5 Å². The zero-order valence-corrected chi connectivity index (χ0v) is 17.8. The highest BCUT2D eigenvalue weighted by Gasteiger charge is 2.53. The standard InChI is InChI=1S/C21H15ClF3N3O3S/c22-13-8-11(23)2-3-12(13)17(26)16-9-27-19(32-16)28-18(29)20(5-6-20)10-1-4-14-15(7-10)31-21(24,25)30-14/h1-4,7-9,17H,5-6,26H2,(H,27,28,29). The van der Waals surface area contributed by atoms with Gasteiger partial charge in [-0.1, -0.05) is 35.1 Å². The molecule has 3 aromatic rings. The summed E-state index contributed by atoms with van der Waals surface area (Å²) in [5.74, 6) is -0.958. The maximum atomic E-state index is 13.3. The molecule has 0 radical (unpaired) electrons. The molecule has 3 N–H and O–H groups in total. The zero-order valence-electron chi connectivity index (χ0n) is 16.2. The predicted molar refractivity (Wildman–Crippen MR) is 112 cm³/mol. The Bertz CT molecular complexity index is 1230. The van der Waals surface area contributed by atoms with Crippen LogP contribution in [0.2, 0.25) is 5.02 Å². The Morgan fingerprint density at radius 2 is 1.94 bits per heavy atom. The second kappa shape index (κ2) is 7.36. The van der Waals surface area contributed by atoms with Crippen LogP contribution in [0.15, 0.2) is 42.6 Å². The number of carbonyl (C=O) groups excluding carboxylic acids is 1. The van der Waals surface area contributed by atoms with Gasteiger partial charge in [0.2, 0.25) is 5.91 Å². The van der Waals surface area contributed by atoms with Crippen molar-refractivity contribution < 1.29 is 27.4 Å². The zero-order chi connectivity index (χ0) is 22.7. The van der Waals surface area contributed by atoms with Crippen LogP contribution in [0, 0.1) is 5.82 Å². The Hall–Kier alpha value is -2.82. The quantitative estimate of drug-likeness (QED) is 0.537. The third-order valence-electron chi connectivity index (χ3n) is 5.49. The Kier molecular flexibility index (Phi) is 4.84. The molecule has 6 nitrogen and oxygen atoms in total. The molecule has 2 aliphatic rings. The second-order valence-electron chi connectivity index (χ2n) is 7.58. The van der Waals surface area contributed by atoms with Gasteiger partial charge in [-0.15, -0.1) is 8.78 Å². The summed E-state index contributed by atoms with van der Waals surface area (Å²) in [6.07, 6.45) is -1.09. The van der Waals surface area contributed by atoms with Crippen molar-refractivity contribution in [2.24, 2.45) is 5.73 Å². The Morgan fingerprint density at radius 1 is 1.19 bits per heavy atom. The van der Waals surface area contributed by atoms with Crippen LogP contribution in [-0.4, -0.2) is 17.2 Å². The molecule has 0 spiro atoms. The average molecular weight is 482 g/mol. The molecule has 1 unspecified atom stereocenters. The molecule has 1 fully saturated rings. The molecular formula is C21H15ClF3N3O3S. The molecule has 2 aromatic carbocycles. The van der Waals surface area contributed by atoms with Crippen molar-refractivity contribution in [2.75, 3.05) is 5.32 Å². The number of nitrogens with one attached hydrogen (secondary N) is 1. The van der Waals surface area contributed by atoms with Gasteiger partial charge in [-0.05, 0) is 48.2 Å². The normalized spacial score (nSPS) is 18.3. The number of fused-ring (bicyclic) bond motifs is 1. The Morgan fingerprint density at radius 3 is 2.66 bits per heavy atom. The number of nitrogens with zero attached hydrogens (tertiary/aromatic N) is 1. The minimum Gasteiger partial charge on any atom is -0.395 e. The molecule has 5 rings (SSSR count). The molecule has 2 heterocycles. The molecule has 1 saturated carbocycles. The number of anilines is 1. The van der Waals surface area contributed by atoms with Crippen molar-refractivity contribution in [3.05, 3.63) is 69.4 Å². The SMILES string of the molecule is NC(c1cnc(NC(=O)C2(c3ccc4c(c3)OC(F)(F)O4)CC2)s1)c1ccc(F)cc1Cl. The van der Waals surface area contributed by atoms with Crippen molar-refractivity contribution in [3.8, 4) is 11.5 Å². The highest BCUT2D eigenvalue weighted by Crippen LogP contribution is 2.52. The number of nitrogens with two attached hydrogens (primary N) is 1. The highest BCUT2D eigenvalue weighted by molar-refractivity contribution is 7.15. The largest absolute Gasteiger partial charge is 0.586 e. The van der Waals surface area contributed by atoms with E-state index in [2.05, 4.69) is 19.8 Å². The van der Waals surface area contributed by atoms with Crippen molar-refractivity contribution >= 4 is 34.0 Å². The lowest BCUT2D eigenvalue weighted by molar-refractivity contribution is -0.286. The molecule has 0 bridgehead atoms. The minimum absolute atomic E-state index is 0.0760. The van der Waals surface area contributed by atoms with Crippen LogP contribution >= 0.6 is 22.9 Å². The van der Waals surface area contributed by atoms with E-state index in [1.54, 1.807) is 6.07 Å². The smallest absolute Gasteiger partial charge is 0.395 e. The molecule has 11 heteroatoms. The van der Waals surface area contributed by atoms with Crippen LogP contribution in [0.3, 0.4) is 0 Å². The lowest BCUT2D eigenvalue weighted by Crippen LogP contribution is -2.27. The first-order valence-electron chi connectivity index (χ1n) is 9.55. The molecule has 166 valence electrons. The predicted octanol–water partition coefficient (Wildman–Crippen LogP) is 4.98. The van der Waals surface area contributed by atoms with Crippen LogP contribution in [0.25, 0.3) is 0 Å². The summed E-state index contributed by atoms with van der Waals surface area (Å²) in [5, 5.41) is 3.30. The van der Waals surface area contributed by atoms with Crippen molar-refractivity contribution in [3.63, 3.8) is 0 Å². The summed E-state index contributed by atoms with van der Waals surface area (Å²) in [4.78, 5) is 17.8. The van der Waals surface area contributed by atoms with Gasteiger partial charge in [0.15, 0.2) is 16.6 Å². The van der Waals surface area contributed by atoms with E-state index in [1.807, 2.05) is 0 Å². The maximum absolute atomic E-state index is 13.3. The molecule has 32 heavy (non-hydrogen) atoms. The number of hydrogen-bond acceptors (Lipinski definition) is 6. The number of ether oxygens (including phenoxy) is 2. The molecule has 1 aliphatic carbocycles. The summed E-state index contributed by atoms with van der Waals surface area (Å²) in [6.45, 7) is 0. The lowest BCUT2D eigenvalue weighted by atomic mass is 9.94. The number of amides is 1. The van der Waals surface area contributed by atoms with E-state index in [4.69, 9.17) is 17.3 Å². The van der Waals surface area contributed by atoms with Crippen molar-refractivity contribution in [2.45, 2.75) is 30.6 Å². The highest BCUT2D eigenvalue weighted by atomic mass is 35.5. The number of thiazole rings is 1. The fraction of sp³-hybridized carbons (Fsp3) is 0.238. The number of benzene rings is 2. The molecular weight excluding hydrogens is 467 g/mol. The maximum Gasteiger partial charge on any atom is 0.586 e. The van der Waals surface area contributed by atoms with Crippen LogP contribution in [0.4, 0.5) is 18.3 Å². The summed E-state index contributed by atoms with van der Waals surface area (Å²) < 4.78 is 48.8. The minimum atomic E-state index is -3.72. The number of alkyl halides is 2. The van der Waals surface area contributed by atoms with Crippen LogP contribution in [-0.2, 0) is 10.2 Å². The third-order valence-corrected chi connectivity index (χ3v) is 6.81. The number of rotatable bonds is 5. The first kappa shape index (κ1) is 21.0. The Balaban J connectivity index is 1.33. The molecule has 0 saturated heterocycles. The van der Waals surface area contributed by atoms with Gasteiger partial charge in [-0.3, -0.25) is 4.79 Å². The lowest BCUT2D eigenvalue weighted by Gasteiger charge is -2.15. The van der Waals surface area contributed by atoms with Gasteiger partial charge in [0.1, 0.15) is 5.82 Å². The third kappa shape index (κ3) is 3.68. The summed E-state index contributed by atoms with van der Waals surface area (Å²) in [6, 6.07) is 7.66. The molecule has 1 amide bonds. The average Bonchev–Trinajstić information content (AvgIpc) is 3.30. The molecule has 1 aliphatic heterocycles. The van der Waals surface area contributed by atoms with Crippen LogP contribution < -0.4 is 20.5 Å². The first-order valence-corrected chi connectivity index (χ1v) is 10.7. The monoisotopic (exact) mass is 481 g/mol. The topological polar surface area (TPSA) is 86.5 Å². The second-order valence-corrected chi connectivity index (χ2v) is 9.05.